The predicted octanol–water partition coefficient (Wildman–Crippen LogP) is 3.08. The lowest BCUT2D eigenvalue weighted by atomic mass is 10.2. The van der Waals surface area contributed by atoms with Gasteiger partial charge in [0.2, 0.25) is 0 Å². The number of pyridine rings is 1. The monoisotopic (exact) mass is 253 g/mol. The number of fused-ring (bicyclic) bond motifs is 1. The van der Waals surface area contributed by atoms with Crippen molar-refractivity contribution < 1.29 is 0 Å². The molecule has 2 aromatic rings. The van der Waals surface area contributed by atoms with Crippen molar-refractivity contribution in [2.24, 2.45) is 0 Å². The zero-order chi connectivity index (χ0) is 13.1. The van der Waals surface area contributed by atoms with E-state index in [0.29, 0.717) is 0 Å². The number of para-hydroxylation sites is 1. The molecule has 0 unspecified atom stereocenters. The van der Waals surface area contributed by atoms with E-state index in [4.69, 9.17) is 0 Å². The molecule has 0 atom stereocenters. The fourth-order valence-corrected chi connectivity index (χ4v) is 2.67. The fraction of sp³-hybridized carbons (Fsp3) is 0.312. The highest BCUT2D eigenvalue weighted by molar-refractivity contribution is 5.59. The molecule has 1 aliphatic heterocycles. The first kappa shape index (κ1) is 12.0. The van der Waals surface area contributed by atoms with Gasteiger partial charge in [-0.1, -0.05) is 24.3 Å². The molecule has 0 saturated heterocycles. The van der Waals surface area contributed by atoms with Crippen molar-refractivity contribution in [3.05, 3.63) is 53.7 Å². The van der Waals surface area contributed by atoms with Crippen LogP contribution in [-0.4, -0.2) is 18.1 Å². The van der Waals surface area contributed by atoms with E-state index < -0.39 is 0 Å². The van der Waals surface area contributed by atoms with Gasteiger partial charge in [0.25, 0.3) is 0 Å². The van der Waals surface area contributed by atoms with Gasteiger partial charge in [0.05, 0.1) is 0 Å². The van der Waals surface area contributed by atoms with Crippen LogP contribution in [0.5, 0.6) is 0 Å². The van der Waals surface area contributed by atoms with Gasteiger partial charge in [-0.25, -0.2) is 4.98 Å². The van der Waals surface area contributed by atoms with E-state index in [-0.39, 0.29) is 0 Å². The van der Waals surface area contributed by atoms with Crippen LogP contribution in [0.1, 0.15) is 18.1 Å². The molecular weight excluding hydrogens is 234 g/mol. The zero-order valence-corrected chi connectivity index (χ0v) is 11.3. The van der Waals surface area contributed by atoms with E-state index in [1.807, 2.05) is 12.3 Å². The lowest BCUT2D eigenvalue weighted by Gasteiger charge is -2.21. The Hall–Kier alpha value is -2.03. The van der Waals surface area contributed by atoms with Gasteiger partial charge in [-0.3, -0.25) is 0 Å². The van der Waals surface area contributed by atoms with Crippen LogP contribution in [0, 0.1) is 0 Å². The van der Waals surface area contributed by atoms with Crippen LogP contribution in [0.15, 0.2) is 42.6 Å². The molecule has 2 heterocycles. The summed E-state index contributed by atoms with van der Waals surface area (Å²) in [6, 6.07) is 12.8. The van der Waals surface area contributed by atoms with Crippen molar-refractivity contribution in [2.75, 3.05) is 23.3 Å². The van der Waals surface area contributed by atoms with Gasteiger partial charge < -0.3 is 10.2 Å². The quantitative estimate of drug-likeness (QED) is 0.907. The highest BCUT2D eigenvalue weighted by Gasteiger charge is 2.19. The lowest BCUT2D eigenvalue weighted by molar-refractivity contribution is 0.832. The van der Waals surface area contributed by atoms with Crippen LogP contribution in [0.4, 0.5) is 11.5 Å². The topological polar surface area (TPSA) is 28.2 Å². The van der Waals surface area contributed by atoms with Crippen LogP contribution >= 0.6 is 0 Å². The molecule has 1 aromatic carbocycles. The summed E-state index contributed by atoms with van der Waals surface area (Å²) in [5.74, 6) is 1.01. The molecule has 0 spiro atoms. The van der Waals surface area contributed by atoms with E-state index in [1.54, 1.807) is 0 Å². The number of nitrogens with one attached hydrogen (secondary N) is 1. The number of aromatic nitrogens is 1. The molecule has 3 nitrogen and oxygen atoms in total. The van der Waals surface area contributed by atoms with Gasteiger partial charge in [0, 0.05) is 37.1 Å². The Morgan fingerprint density at radius 1 is 1.21 bits per heavy atom. The third kappa shape index (κ3) is 2.41. The molecular formula is C16H19N3. The van der Waals surface area contributed by atoms with Gasteiger partial charge in [0.15, 0.2) is 0 Å². The number of anilines is 2. The van der Waals surface area contributed by atoms with Gasteiger partial charge >= 0.3 is 0 Å². The lowest BCUT2D eigenvalue weighted by Crippen LogP contribution is -2.20. The van der Waals surface area contributed by atoms with Gasteiger partial charge in [-0.2, -0.15) is 0 Å². The second kappa shape index (κ2) is 5.31. The normalized spacial score (nSPS) is 13.4. The molecule has 19 heavy (non-hydrogen) atoms. The molecule has 0 fully saturated rings. The minimum absolute atomic E-state index is 0.903. The molecule has 1 N–H and O–H groups in total. The number of rotatable bonds is 4. The third-order valence-corrected chi connectivity index (χ3v) is 3.58. The molecule has 98 valence electrons. The molecule has 1 aliphatic rings. The van der Waals surface area contributed by atoms with Crippen molar-refractivity contribution in [1.29, 1.82) is 0 Å². The van der Waals surface area contributed by atoms with Crippen molar-refractivity contribution in [1.82, 2.24) is 4.98 Å². The van der Waals surface area contributed by atoms with Crippen molar-refractivity contribution in [3.8, 4) is 0 Å². The molecule has 0 amide bonds. The number of hydrogen-bond donors (Lipinski definition) is 1. The van der Waals surface area contributed by atoms with Crippen molar-refractivity contribution in [2.45, 2.75) is 19.9 Å². The first-order valence-electron chi connectivity index (χ1n) is 6.89. The summed E-state index contributed by atoms with van der Waals surface area (Å²) in [6.45, 7) is 5.03. The predicted molar refractivity (Wildman–Crippen MR) is 79.6 cm³/mol. The van der Waals surface area contributed by atoms with E-state index in [9.17, 15) is 0 Å². The second-order valence-electron chi connectivity index (χ2n) is 4.84. The second-order valence-corrected chi connectivity index (χ2v) is 4.84. The average Bonchev–Trinajstić information content (AvgIpc) is 2.85. The maximum absolute atomic E-state index is 4.43. The van der Waals surface area contributed by atoms with Crippen LogP contribution < -0.4 is 10.2 Å². The maximum atomic E-state index is 4.43. The zero-order valence-electron chi connectivity index (χ0n) is 11.3. The largest absolute Gasteiger partial charge is 0.370 e. The minimum Gasteiger partial charge on any atom is -0.370 e. The third-order valence-electron chi connectivity index (χ3n) is 3.58. The first-order chi connectivity index (χ1) is 9.38. The molecule has 3 rings (SSSR count). The van der Waals surface area contributed by atoms with E-state index in [0.717, 1.165) is 31.9 Å². The van der Waals surface area contributed by atoms with Crippen LogP contribution in [-0.2, 0) is 13.0 Å². The summed E-state index contributed by atoms with van der Waals surface area (Å²) in [7, 11) is 0. The minimum atomic E-state index is 0.903. The summed E-state index contributed by atoms with van der Waals surface area (Å²) < 4.78 is 0. The smallest absolute Gasteiger partial charge is 0.130 e. The number of benzene rings is 1. The van der Waals surface area contributed by atoms with E-state index in [1.165, 1.54) is 16.8 Å². The Morgan fingerprint density at radius 3 is 3.00 bits per heavy atom. The Morgan fingerprint density at radius 2 is 2.11 bits per heavy atom. The maximum Gasteiger partial charge on any atom is 0.130 e. The van der Waals surface area contributed by atoms with Gasteiger partial charge in [0.1, 0.15) is 5.82 Å². The van der Waals surface area contributed by atoms with Gasteiger partial charge in [-0.05, 0) is 31.0 Å². The summed E-state index contributed by atoms with van der Waals surface area (Å²) >= 11 is 0. The fourth-order valence-electron chi connectivity index (χ4n) is 2.67. The van der Waals surface area contributed by atoms with E-state index >= 15 is 0 Å². The summed E-state index contributed by atoms with van der Waals surface area (Å²) in [5.41, 5.74) is 4.09. The van der Waals surface area contributed by atoms with Crippen LogP contribution in [0.25, 0.3) is 0 Å². The SMILES string of the molecule is CCNc1ncccc1CN1CCc2ccccc21. The summed E-state index contributed by atoms with van der Waals surface area (Å²) in [6.07, 6.45) is 2.99. The highest BCUT2D eigenvalue weighted by Crippen LogP contribution is 2.29. The number of nitrogens with zero attached hydrogens (tertiary/aromatic N) is 2. The Kier molecular flexibility index (Phi) is 3.36. The molecule has 0 saturated carbocycles. The molecule has 0 aliphatic carbocycles. The molecule has 0 radical (unpaired) electrons. The van der Waals surface area contributed by atoms with Crippen LogP contribution in [0.2, 0.25) is 0 Å². The van der Waals surface area contributed by atoms with Crippen molar-refractivity contribution in [3.63, 3.8) is 0 Å². The molecule has 3 heteroatoms. The Bertz CT molecular complexity index is 565. The van der Waals surface area contributed by atoms with Gasteiger partial charge in [-0.15, -0.1) is 0 Å². The molecule has 1 aromatic heterocycles. The standard InChI is InChI=1S/C16H19N3/c1-2-17-16-14(7-5-10-18-16)12-19-11-9-13-6-3-4-8-15(13)19/h3-8,10H,2,9,11-12H2,1H3,(H,17,18). The van der Waals surface area contributed by atoms with Crippen LogP contribution in [0.3, 0.4) is 0 Å². The Balaban J connectivity index is 1.83. The molecule has 0 bridgehead atoms. The average molecular weight is 253 g/mol. The van der Waals surface area contributed by atoms with Crippen molar-refractivity contribution >= 4 is 11.5 Å². The Labute approximate surface area is 114 Å². The number of hydrogen-bond acceptors (Lipinski definition) is 3. The van der Waals surface area contributed by atoms with E-state index in [2.05, 4.69) is 52.5 Å². The summed E-state index contributed by atoms with van der Waals surface area (Å²) in [5, 5.41) is 3.34. The highest BCUT2D eigenvalue weighted by atomic mass is 15.1. The summed E-state index contributed by atoms with van der Waals surface area (Å²) in [4.78, 5) is 6.87. The first-order valence-corrected chi connectivity index (χ1v) is 6.89.